The van der Waals surface area contributed by atoms with Crippen LogP contribution in [0.3, 0.4) is 0 Å². The number of carbonyl (C=O) groups is 2. The van der Waals surface area contributed by atoms with Gasteiger partial charge in [-0.15, -0.1) is 0 Å². The Morgan fingerprint density at radius 1 is 1.55 bits per heavy atom. The van der Waals surface area contributed by atoms with E-state index in [0.717, 1.165) is 13.0 Å². The van der Waals surface area contributed by atoms with Crippen molar-refractivity contribution in [3.8, 4) is 0 Å². The van der Waals surface area contributed by atoms with E-state index >= 15 is 0 Å². The van der Waals surface area contributed by atoms with Crippen molar-refractivity contribution >= 4 is 11.9 Å². The van der Waals surface area contributed by atoms with Crippen LogP contribution in [0.1, 0.15) is 29.4 Å². The van der Waals surface area contributed by atoms with Crippen molar-refractivity contribution < 1.29 is 14.7 Å². The van der Waals surface area contributed by atoms with E-state index in [1.165, 1.54) is 12.5 Å². The number of aromatic nitrogens is 2. The molecule has 1 aromatic heterocycles. The van der Waals surface area contributed by atoms with Crippen molar-refractivity contribution in [2.75, 3.05) is 20.1 Å². The number of hydrogen-bond acceptors (Lipinski definition) is 5. The van der Waals surface area contributed by atoms with E-state index in [9.17, 15) is 9.59 Å². The van der Waals surface area contributed by atoms with Crippen LogP contribution in [0.5, 0.6) is 0 Å². The van der Waals surface area contributed by atoms with E-state index in [4.69, 9.17) is 5.11 Å². The third-order valence-electron chi connectivity index (χ3n) is 3.73. The van der Waals surface area contributed by atoms with Crippen LogP contribution in [0.2, 0.25) is 0 Å². The Labute approximate surface area is 117 Å². The molecule has 1 aliphatic heterocycles. The maximum absolute atomic E-state index is 11.9. The molecule has 1 aliphatic rings. The first kappa shape index (κ1) is 14.4. The second kappa shape index (κ2) is 5.54. The third-order valence-corrected chi connectivity index (χ3v) is 3.73. The van der Waals surface area contributed by atoms with Gasteiger partial charge in [0.15, 0.2) is 0 Å². The summed E-state index contributed by atoms with van der Waals surface area (Å²) in [5.74, 6) is -1.02. The molecule has 7 nitrogen and oxygen atoms in total. The Bertz CT molecular complexity index is 534. The van der Waals surface area contributed by atoms with E-state index in [-0.39, 0.29) is 11.5 Å². The molecule has 0 radical (unpaired) electrons. The Morgan fingerprint density at radius 3 is 2.95 bits per heavy atom. The standard InChI is InChI=1S/C13H18N4O3/c1-13(12(20)14-2)3-4-17(7-13)6-10-9(11(18)19)5-15-8-16-10/h5,8H,3-4,6-7H2,1-2H3,(H,14,20)(H,18,19). The molecular weight excluding hydrogens is 260 g/mol. The Morgan fingerprint density at radius 2 is 2.30 bits per heavy atom. The van der Waals surface area contributed by atoms with Gasteiger partial charge < -0.3 is 10.4 Å². The Balaban J connectivity index is 2.10. The molecule has 1 atom stereocenters. The van der Waals surface area contributed by atoms with Gasteiger partial charge in [0.2, 0.25) is 5.91 Å². The summed E-state index contributed by atoms with van der Waals surface area (Å²) >= 11 is 0. The van der Waals surface area contributed by atoms with E-state index in [1.807, 2.05) is 11.8 Å². The summed E-state index contributed by atoms with van der Waals surface area (Å²) in [5, 5.41) is 11.8. The van der Waals surface area contributed by atoms with Gasteiger partial charge >= 0.3 is 5.97 Å². The summed E-state index contributed by atoms with van der Waals surface area (Å²) in [6, 6.07) is 0. The minimum absolute atomic E-state index is 0.0149. The van der Waals surface area contributed by atoms with Gasteiger partial charge in [-0.05, 0) is 19.9 Å². The van der Waals surface area contributed by atoms with Gasteiger partial charge in [-0.1, -0.05) is 0 Å². The van der Waals surface area contributed by atoms with E-state index in [1.54, 1.807) is 7.05 Å². The highest BCUT2D eigenvalue weighted by Crippen LogP contribution is 2.31. The van der Waals surface area contributed by atoms with Gasteiger partial charge in [0.05, 0.1) is 11.1 Å². The minimum atomic E-state index is -1.03. The number of rotatable bonds is 4. The highest BCUT2D eigenvalue weighted by atomic mass is 16.4. The minimum Gasteiger partial charge on any atom is -0.478 e. The van der Waals surface area contributed by atoms with Crippen LogP contribution in [0.4, 0.5) is 0 Å². The number of nitrogens with one attached hydrogen (secondary N) is 1. The average Bonchev–Trinajstić information content (AvgIpc) is 2.81. The summed E-state index contributed by atoms with van der Waals surface area (Å²) in [6.45, 7) is 3.67. The van der Waals surface area contributed by atoms with Crippen molar-refractivity contribution in [3.63, 3.8) is 0 Å². The molecule has 108 valence electrons. The molecule has 7 heteroatoms. The zero-order valence-electron chi connectivity index (χ0n) is 11.6. The first-order chi connectivity index (χ1) is 9.46. The fraction of sp³-hybridized carbons (Fsp3) is 0.538. The zero-order chi connectivity index (χ0) is 14.8. The summed E-state index contributed by atoms with van der Waals surface area (Å²) < 4.78 is 0. The molecule has 2 N–H and O–H groups in total. The average molecular weight is 278 g/mol. The zero-order valence-corrected chi connectivity index (χ0v) is 11.6. The molecule has 0 bridgehead atoms. The highest BCUT2D eigenvalue weighted by molar-refractivity contribution is 5.88. The lowest BCUT2D eigenvalue weighted by Gasteiger charge is -2.22. The molecule has 1 saturated heterocycles. The number of amides is 1. The lowest BCUT2D eigenvalue weighted by atomic mass is 9.89. The van der Waals surface area contributed by atoms with Gasteiger partial charge in [0.1, 0.15) is 11.9 Å². The van der Waals surface area contributed by atoms with Crippen molar-refractivity contribution in [1.29, 1.82) is 0 Å². The fourth-order valence-corrected chi connectivity index (χ4v) is 2.55. The molecule has 1 amide bonds. The third kappa shape index (κ3) is 2.77. The van der Waals surface area contributed by atoms with Crippen molar-refractivity contribution in [1.82, 2.24) is 20.2 Å². The number of carbonyl (C=O) groups excluding carboxylic acids is 1. The first-order valence-electron chi connectivity index (χ1n) is 6.43. The predicted molar refractivity (Wildman–Crippen MR) is 71.1 cm³/mol. The second-order valence-electron chi connectivity index (χ2n) is 5.29. The van der Waals surface area contributed by atoms with Crippen molar-refractivity contribution in [2.45, 2.75) is 19.9 Å². The quantitative estimate of drug-likeness (QED) is 0.813. The van der Waals surface area contributed by atoms with Crippen LogP contribution in [-0.2, 0) is 11.3 Å². The molecule has 1 fully saturated rings. The van der Waals surface area contributed by atoms with Gasteiger partial charge in [0.25, 0.3) is 0 Å². The van der Waals surface area contributed by atoms with Crippen LogP contribution in [0.15, 0.2) is 12.5 Å². The van der Waals surface area contributed by atoms with Gasteiger partial charge in [-0.3, -0.25) is 9.69 Å². The molecule has 1 unspecified atom stereocenters. The summed E-state index contributed by atoms with van der Waals surface area (Å²) in [4.78, 5) is 32.8. The summed E-state index contributed by atoms with van der Waals surface area (Å²) in [5.41, 5.74) is 0.167. The first-order valence-corrected chi connectivity index (χ1v) is 6.43. The molecule has 0 aromatic carbocycles. The van der Waals surface area contributed by atoms with Crippen LogP contribution in [0.25, 0.3) is 0 Å². The normalized spacial score (nSPS) is 22.7. The lowest BCUT2D eigenvalue weighted by Crippen LogP contribution is -2.39. The van der Waals surface area contributed by atoms with E-state index in [0.29, 0.717) is 18.8 Å². The van der Waals surface area contributed by atoms with Gasteiger partial charge in [-0.25, -0.2) is 14.8 Å². The molecule has 20 heavy (non-hydrogen) atoms. The maximum Gasteiger partial charge on any atom is 0.339 e. The van der Waals surface area contributed by atoms with Gasteiger partial charge in [-0.2, -0.15) is 0 Å². The summed E-state index contributed by atoms with van der Waals surface area (Å²) in [6.07, 6.45) is 3.40. The largest absolute Gasteiger partial charge is 0.478 e. The highest BCUT2D eigenvalue weighted by Gasteiger charge is 2.39. The molecule has 2 heterocycles. The molecule has 0 aliphatic carbocycles. The second-order valence-corrected chi connectivity index (χ2v) is 5.29. The number of carboxylic acid groups (broad SMARTS) is 1. The Kier molecular flexibility index (Phi) is 3.99. The van der Waals surface area contributed by atoms with Crippen molar-refractivity contribution in [3.05, 3.63) is 23.8 Å². The van der Waals surface area contributed by atoms with Gasteiger partial charge in [0, 0.05) is 26.3 Å². The fourth-order valence-electron chi connectivity index (χ4n) is 2.55. The number of likely N-dealkylation sites (tertiary alicyclic amines) is 1. The smallest absolute Gasteiger partial charge is 0.339 e. The topological polar surface area (TPSA) is 95.4 Å². The molecule has 0 spiro atoms. The SMILES string of the molecule is CNC(=O)C1(C)CCN(Cc2ncncc2C(=O)O)C1. The molecule has 0 saturated carbocycles. The lowest BCUT2D eigenvalue weighted by molar-refractivity contribution is -0.129. The Hall–Kier alpha value is -2.02. The number of nitrogens with zero attached hydrogens (tertiary/aromatic N) is 3. The van der Waals surface area contributed by atoms with E-state index in [2.05, 4.69) is 15.3 Å². The van der Waals surface area contributed by atoms with Crippen molar-refractivity contribution in [2.24, 2.45) is 5.41 Å². The van der Waals surface area contributed by atoms with Crippen LogP contribution >= 0.6 is 0 Å². The monoisotopic (exact) mass is 278 g/mol. The number of hydrogen-bond donors (Lipinski definition) is 2. The maximum atomic E-state index is 11.9. The van der Waals surface area contributed by atoms with E-state index < -0.39 is 11.4 Å². The number of carboxylic acids is 1. The molecule has 2 rings (SSSR count). The molecule has 1 aromatic rings. The molecular formula is C13H18N4O3. The summed E-state index contributed by atoms with van der Waals surface area (Å²) in [7, 11) is 1.63. The van der Waals surface area contributed by atoms with Crippen LogP contribution in [0, 0.1) is 5.41 Å². The van der Waals surface area contributed by atoms with Crippen LogP contribution in [-0.4, -0.2) is 52.0 Å². The number of aromatic carboxylic acids is 1. The predicted octanol–water partition coefficient (Wildman–Crippen LogP) is 0.133. The van der Waals surface area contributed by atoms with Crippen LogP contribution < -0.4 is 5.32 Å².